The molecule has 0 bridgehead atoms. The van der Waals surface area contributed by atoms with Crippen molar-refractivity contribution in [2.75, 3.05) is 0 Å². The van der Waals surface area contributed by atoms with E-state index in [9.17, 15) is 13.2 Å². The van der Waals surface area contributed by atoms with E-state index in [0.717, 1.165) is 5.19 Å². The van der Waals surface area contributed by atoms with E-state index in [-0.39, 0.29) is 0 Å². The molecule has 1 aromatic carbocycles. The number of alkyl halides is 3. The maximum atomic E-state index is 12.9. The Kier molecular flexibility index (Phi) is 3.66. The highest BCUT2D eigenvalue weighted by Gasteiger charge is 2.28. The monoisotopic (exact) mass is 341 g/mol. The molecule has 2 aromatic rings. The molecule has 0 fully saturated rings. The number of pyridine rings is 1. The number of aryl methyl sites for hydroxylation is 2. The average molecular weight is 341 g/mol. The third kappa shape index (κ3) is 4.44. The second-order valence-electron chi connectivity index (χ2n) is 6.73. The summed E-state index contributed by atoms with van der Waals surface area (Å²) >= 11 is 0. The van der Waals surface area contributed by atoms with E-state index in [2.05, 4.69) is 19.6 Å². The van der Waals surface area contributed by atoms with Crippen molar-refractivity contribution < 1.29 is 21.9 Å². The van der Waals surface area contributed by atoms with Crippen LogP contribution in [0.15, 0.2) is 36.5 Å². The number of hydrogen-bond donors (Lipinski definition) is 0. The molecule has 0 saturated carbocycles. The van der Waals surface area contributed by atoms with E-state index < -0.39 is 26.2 Å². The van der Waals surface area contributed by atoms with E-state index >= 15 is 0 Å². The highest BCUT2D eigenvalue weighted by Crippen LogP contribution is 2.26. The van der Waals surface area contributed by atoms with Crippen LogP contribution in [-0.2, 0) is 13.4 Å². The third-order valence-electron chi connectivity index (χ3n) is 3.66. The molecule has 0 N–H and O–H groups in total. The topological polar surface area (TPSA) is 3.88 Å². The minimum atomic E-state index is -4.97. The Morgan fingerprint density at radius 1 is 1.22 bits per heavy atom. The Morgan fingerprint density at radius 3 is 2.39 bits per heavy atom. The van der Waals surface area contributed by atoms with Gasteiger partial charge in [-0.15, -0.1) is 0 Å². The molecule has 1 nitrogen and oxygen atoms in total. The van der Waals surface area contributed by atoms with Gasteiger partial charge in [-0.3, -0.25) is 0 Å². The van der Waals surface area contributed by atoms with Crippen molar-refractivity contribution >= 4 is 13.3 Å². The maximum absolute atomic E-state index is 12.9. The lowest BCUT2D eigenvalue weighted by molar-refractivity contribution is -0.659. The molecule has 0 amide bonds. The molecule has 0 atom stereocenters. The van der Waals surface area contributed by atoms with E-state index in [4.69, 9.17) is 4.11 Å². The van der Waals surface area contributed by atoms with Crippen molar-refractivity contribution in [1.82, 2.24) is 0 Å². The van der Waals surface area contributed by atoms with Gasteiger partial charge in [-0.2, -0.15) is 13.2 Å². The zero-order valence-corrected chi connectivity index (χ0v) is 15.0. The van der Waals surface area contributed by atoms with Gasteiger partial charge < -0.3 is 0 Å². The fraction of sp³-hybridized carbons (Fsp3) is 0.389. The lowest BCUT2D eigenvalue weighted by atomic mass is 10.0. The first-order valence-electron chi connectivity index (χ1n) is 8.85. The summed E-state index contributed by atoms with van der Waals surface area (Å²) in [6.07, 6.45) is -6.45. The first kappa shape index (κ1) is 13.8. The van der Waals surface area contributed by atoms with Gasteiger partial charge in [0.15, 0.2) is 6.20 Å². The quantitative estimate of drug-likeness (QED) is 0.584. The summed E-state index contributed by atoms with van der Waals surface area (Å²) in [6, 6.07) is 6.06. The molecule has 0 unspecified atom stereocenters. The molecule has 1 heterocycles. The predicted molar refractivity (Wildman–Crippen MR) is 90.5 cm³/mol. The summed E-state index contributed by atoms with van der Waals surface area (Å²) in [6.45, 7) is 8.11. The summed E-state index contributed by atoms with van der Waals surface area (Å²) in [5, 5.41) is 1.01. The van der Waals surface area contributed by atoms with Crippen LogP contribution in [0.1, 0.15) is 15.2 Å². The van der Waals surface area contributed by atoms with Gasteiger partial charge in [0, 0.05) is 19.6 Å². The predicted octanol–water partition coefficient (Wildman–Crippen LogP) is 4.14. The van der Waals surface area contributed by atoms with Gasteiger partial charge in [-0.05, 0) is 24.1 Å². The Balaban J connectivity index is 2.57. The van der Waals surface area contributed by atoms with Gasteiger partial charge in [0.2, 0.25) is 5.69 Å². The number of aromatic nitrogens is 1. The van der Waals surface area contributed by atoms with Gasteiger partial charge in [0.25, 0.3) is 0 Å². The lowest BCUT2D eigenvalue weighted by Crippen LogP contribution is -2.44. The van der Waals surface area contributed by atoms with Gasteiger partial charge in [0.05, 0.1) is 15.8 Å². The molecule has 0 radical (unpaired) electrons. The number of hydrogen-bond acceptors (Lipinski definition) is 0. The van der Waals surface area contributed by atoms with Crippen LogP contribution in [0, 0.1) is 6.92 Å². The molecule has 0 saturated heterocycles. The molecular weight excluding hydrogens is 315 g/mol. The normalized spacial score (nSPS) is 15.0. The summed E-state index contributed by atoms with van der Waals surface area (Å²) < 4.78 is 63.8. The smallest absolute Gasteiger partial charge is 0.201 e. The van der Waals surface area contributed by atoms with Crippen LogP contribution in [0.5, 0.6) is 0 Å². The van der Waals surface area contributed by atoms with Gasteiger partial charge in [-0.1, -0.05) is 37.8 Å². The molecule has 0 aliphatic carbocycles. The number of nitrogens with zero attached hydrogens (tertiary/aromatic N) is 1. The van der Waals surface area contributed by atoms with Crippen LogP contribution < -0.4 is 9.75 Å². The summed E-state index contributed by atoms with van der Waals surface area (Å²) in [7, 11) is 0.163. The van der Waals surface area contributed by atoms with E-state index in [1.54, 1.807) is 13.0 Å². The Morgan fingerprint density at radius 2 is 1.87 bits per heavy atom. The summed E-state index contributed by atoms with van der Waals surface area (Å²) in [5.74, 6) is 0. The maximum Gasteiger partial charge on any atom is 0.393 e. The van der Waals surface area contributed by atoms with Crippen molar-refractivity contribution in [3.8, 4) is 11.3 Å². The molecule has 23 heavy (non-hydrogen) atoms. The lowest BCUT2D eigenvalue weighted by Gasteiger charge is -2.15. The van der Waals surface area contributed by atoms with Crippen LogP contribution in [0.25, 0.3) is 11.3 Å². The average Bonchev–Trinajstić information content (AvgIpc) is 2.47. The number of rotatable bonds is 3. The second-order valence-corrected chi connectivity index (χ2v) is 11.8. The molecule has 2 rings (SSSR count). The highest BCUT2D eigenvalue weighted by atomic mass is 28.3. The van der Waals surface area contributed by atoms with Crippen molar-refractivity contribution in [3.63, 3.8) is 0 Å². The van der Waals surface area contributed by atoms with Crippen LogP contribution in [0.3, 0.4) is 0 Å². The fourth-order valence-corrected chi connectivity index (χ4v) is 3.50. The van der Waals surface area contributed by atoms with E-state index in [1.165, 1.54) is 18.2 Å². The Bertz CT molecular complexity index is 843. The van der Waals surface area contributed by atoms with Crippen molar-refractivity contribution in [1.29, 1.82) is 0 Å². The van der Waals surface area contributed by atoms with Crippen LogP contribution >= 0.6 is 0 Å². The summed E-state index contributed by atoms with van der Waals surface area (Å²) in [5.41, 5.74) is 1.52. The van der Waals surface area contributed by atoms with Gasteiger partial charge in [0.1, 0.15) is 7.05 Å². The molecule has 124 valence electrons. The highest BCUT2D eigenvalue weighted by molar-refractivity contribution is 6.88. The van der Waals surface area contributed by atoms with E-state index in [0.29, 0.717) is 22.9 Å². The first-order chi connectivity index (χ1) is 11.7. The Labute approximate surface area is 141 Å². The van der Waals surface area contributed by atoms with Crippen molar-refractivity contribution in [3.05, 3.63) is 47.6 Å². The zero-order chi connectivity index (χ0) is 20.1. The summed E-state index contributed by atoms with van der Waals surface area (Å²) in [4.78, 5) is 0. The molecule has 5 heteroatoms. The van der Waals surface area contributed by atoms with E-state index in [1.807, 2.05) is 17.8 Å². The molecule has 0 aliphatic heterocycles. The van der Waals surface area contributed by atoms with Crippen LogP contribution in [-0.4, -0.2) is 14.3 Å². The minimum absolute atomic E-state index is 0.418. The molecule has 1 aromatic heterocycles. The van der Waals surface area contributed by atoms with Crippen molar-refractivity contribution in [2.24, 2.45) is 7.05 Å². The third-order valence-corrected chi connectivity index (χ3v) is 5.55. The van der Waals surface area contributed by atoms with Gasteiger partial charge in [-0.25, -0.2) is 4.57 Å². The fourth-order valence-electron chi connectivity index (χ4n) is 2.42. The standard InChI is InChI=1S/C18H23F3NSi/c1-13-10-14(11-18(19,20)21)6-8-16(13)17-9-7-15(12-22(17)2)23(3,4)5/h6-10,12H,11H2,1-5H3/q+1/i7D,11D2. The first-order valence-corrected chi connectivity index (χ1v) is 10.9. The largest absolute Gasteiger partial charge is 0.393 e. The molecule has 0 spiro atoms. The van der Waals surface area contributed by atoms with Crippen LogP contribution in [0.4, 0.5) is 13.2 Å². The number of benzene rings is 1. The SMILES string of the molecule is [2H]c1cc(-c2ccc(C([2H])([2H])C(F)(F)F)cc2C)[n+](C)cc1[Si](C)(C)C. The Hall–Kier alpha value is -1.62. The minimum Gasteiger partial charge on any atom is -0.201 e. The van der Waals surface area contributed by atoms with Crippen LogP contribution in [0.2, 0.25) is 19.6 Å². The molecule has 0 aliphatic rings. The second kappa shape index (κ2) is 6.11. The van der Waals surface area contributed by atoms with Gasteiger partial charge >= 0.3 is 6.18 Å². The zero-order valence-electron chi connectivity index (χ0n) is 17.0. The molecular formula is C18H23F3NSi+. The van der Waals surface area contributed by atoms with Crippen molar-refractivity contribution in [2.45, 2.75) is 39.1 Å². The number of halogens is 3.